The average Bonchev–Trinajstić information content (AvgIpc) is 3.01. The van der Waals surface area contributed by atoms with Crippen LogP contribution in [0, 0.1) is 0 Å². The van der Waals surface area contributed by atoms with Gasteiger partial charge in [-0.15, -0.1) is 11.3 Å². The van der Waals surface area contributed by atoms with Crippen molar-refractivity contribution in [2.75, 3.05) is 6.54 Å². The first-order valence-corrected chi connectivity index (χ1v) is 8.06. The first kappa shape index (κ1) is 15.9. The highest BCUT2D eigenvalue weighted by atomic mass is 32.1. The van der Waals surface area contributed by atoms with E-state index in [0.717, 1.165) is 30.8 Å². The highest BCUT2D eigenvalue weighted by Crippen LogP contribution is 2.36. The zero-order chi connectivity index (χ0) is 16.6. The van der Waals surface area contributed by atoms with E-state index in [4.69, 9.17) is 0 Å². The molecule has 0 saturated heterocycles. The smallest absolute Gasteiger partial charge is 0.331 e. The lowest BCUT2D eigenvalue weighted by Gasteiger charge is -2.35. The summed E-state index contributed by atoms with van der Waals surface area (Å²) < 4.78 is 37.5. The number of hydrogen-bond acceptors (Lipinski definition) is 4. The van der Waals surface area contributed by atoms with Crippen LogP contribution in [0.15, 0.2) is 23.8 Å². The van der Waals surface area contributed by atoms with Gasteiger partial charge in [0, 0.05) is 23.8 Å². The van der Waals surface area contributed by atoms with Crippen molar-refractivity contribution < 1.29 is 18.0 Å². The Hall–Kier alpha value is -1.96. The number of carbonyl (C=O) groups excluding carboxylic acids is 1. The summed E-state index contributed by atoms with van der Waals surface area (Å²) in [5.41, 5.74) is 1.21. The molecule has 0 fully saturated rings. The van der Waals surface area contributed by atoms with Gasteiger partial charge in [-0.2, -0.15) is 13.2 Å². The lowest BCUT2D eigenvalue weighted by atomic mass is 9.97. The Bertz CT molecular complexity index is 712. The Morgan fingerprint density at radius 2 is 2.09 bits per heavy atom. The van der Waals surface area contributed by atoms with Crippen molar-refractivity contribution in [1.29, 1.82) is 0 Å². The lowest BCUT2D eigenvalue weighted by Crippen LogP contribution is -2.39. The Kier molecular flexibility index (Phi) is 4.09. The molecule has 3 heterocycles. The van der Waals surface area contributed by atoms with Crippen LogP contribution in [-0.4, -0.2) is 27.3 Å². The fourth-order valence-electron chi connectivity index (χ4n) is 2.83. The number of rotatable bonds is 2. The zero-order valence-corrected chi connectivity index (χ0v) is 13.1. The number of amides is 1. The Labute approximate surface area is 135 Å². The minimum Gasteiger partial charge on any atom is -0.331 e. The fraction of sp³-hybridized carbons (Fsp3) is 0.400. The molecule has 3 rings (SSSR count). The summed E-state index contributed by atoms with van der Waals surface area (Å²) >= 11 is 1.67. The predicted molar refractivity (Wildman–Crippen MR) is 79.1 cm³/mol. The molecule has 2 aromatic heterocycles. The monoisotopic (exact) mass is 341 g/mol. The van der Waals surface area contributed by atoms with E-state index >= 15 is 0 Å². The van der Waals surface area contributed by atoms with E-state index in [0.29, 0.717) is 6.54 Å². The van der Waals surface area contributed by atoms with Gasteiger partial charge >= 0.3 is 6.18 Å². The van der Waals surface area contributed by atoms with E-state index in [1.807, 2.05) is 18.4 Å². The van der Waals surface area contributed by atoms with Gasteiger partial charge < -0.3 is 4.90 Å². The molecule has 1 aliphatic rings. The van der Waals surface area contributed by atoms with Gasteiger partial charge in [0.2, 0.25) is 5.82 Å². The molecule has 1 amide bonds. The number of nitrogens with zero attached hydrogens (tertiary/aromatic N) is 3. The minimum atomic E-state index is -4.61. The van der Waals surface area contributed by atoms with Crippen LogP contribution in [0.25, 0.3) is 0 Å². The number of aromatic nitrogens is 2. The number of thiophene rings is 1. The second-order valence-electron chi connectivity index (χ2n) is 5.26. The van der Waals surface area contributed by atoms with Crippen LogP contribution in [0.3, 0.4) is 0 Å². The molecule has 122 valence electrons. The minimum absolute atomic E-state index is 0.0557. The summed E-state index contributed by atoms with van der Waals surface area (Å²) in [7, 11) is 0. The summed E-state index contributed by atoms with van der Waals surface area (Å²) in [4.78, 5) is 22.1. The number of halogens is 3. The van der Waals surface area contributed by atoms with Crippen molar-refractivity contribution in [1.82, 2.24) is 14.9 Å². The molecular formula is C15H14F3N3OS. The Morgan fingerprint density at radius 3 is 2.70 bits per heavy atom. The van der Waals surface area contributed by atoms with E-state index in [9.17, 15) is 18.0 Å². The number of fused-ring (bicyclic) bond motifs is 1. The number of alkyl halides is 3. The number of carbonyl (C=O) groups is 1. The maximum Gasteiger partial charge on any atom is 0.451 e. The van der Waals surface area contributed by atoms with E-state index in [-0.39, 0.29) is 17.5 Å². The van der Waals surface area contributed by atoms with Gasteiger partial charge in [-0.25, -0.2) is 9.97 Å². The molecule has 1 atom stereocenters. The Morgan fingerprint density at radius 1 is 1.39 bits per heavy atom. The zero-order valence-electron chi connectivity index (χ0n) is 12.3. The standard InChI is InChI=1S/C15H14F3N3OS/c1-2-11-10-4-6-23-12(10)3-5-21(11)13(22)9-7-19-14(20-8-9)15(16,17)18/h4,6-8,11H,2-3,5H2,1H3/t11-/m0/s1. The normalized spacial score (nSPS) is 17.9. The molecule has 8 heteroatoms. The molecule has 1 aliphatic heterocycles. The van der Waals surface area contributed by atoms with Crippen molar-refractivity contribution >= 4 is 17.2 Å². The third-order valence-corrected chi connectivity index (χ3v) is 4.89. The van der Waals surface area contributed by atoms with Crippen LogP contribution in [0.4, 0.5) is 13.2 Å². The van der Waals surface area contributed by atoms with Gasteiger partial charge in [0.25, 0.3) is 5.91 Å². The third-order valence-electron chi connectivity index (χ3n) is 3.89. The molecular weight excluding hydrogens is 327 g/mol. The fourth-order valence-corrected chi connectivity index (χ4v) is 3.76. The quantitative estimate of drug-likeness (QED) is 0.837. The van der Waals surface area contributed by atoms with Crippen LogP contribution in [-0.2, 0) is 12.6 Å². The van der Waals surface area contributed by atoms with Crippen LogP contribution >= 0.6 is 11.3 Å². The van der Waals surface area contributed by atoms with Crippen molar-refractivity contribution in [3.63, 3.8) is 0 Å². The molecule has 0 spiro atoms. The lowest BCUT2D eigenvalue weighted by molar-refractivity contribution is -0.145. The summed E-state index contributed by atoms with van der Waals surface area (Å²) in [5.74, 6) is -1.57. The van der Waals surface area contributed by atoms with Crippen molar-refractivity contribution in [3.8, 4) is 0 Å². The summed E-state index contributed by atoms with van der Waals surface area (Å²) in [5, 5.41) is 2.00. The van der Waals surface area contributed by atoms with Gasteiger partial charge in [-0.05, 0) is 29.9 Å². The maximum absolute atomic E-state index is 12.6. The van der Waals surface area contributed by atoms with E-state index in [2.05, 4.69) is 9.97 Å². The molecule has 0 aromatic carbocycles. The van der Waals surface area contributed by atoms with Gasteiger partial charge in [-0.3, -0.25) is 4.79 Å². The largest absolute Gasteiger partial charge is 0.451 e. The molecule has 0 saturated carbocycles. The summed E-state index contributed by atoms with van der Waals surface area (Å²) in [6.07, 6.45) is -1.19. The summed E-state index contributed by atoms with van der Waals surface area (Å²) in [6.45, 7) is 2.53. The second kappa shape index (κ2) is 5.92. The topological polar surface area (TPSA) is 46.1 Å². The molecule has 0 radical (unpaired) electrons. The second-order valence-corrected chi connectivity index (χ2v) is 6.27. The van der Waals surface area contributed by atoms with Gasteiger partial charge in [0.05, 0.1) is 11.6 Å². The maximum atomic E-state index is 12.6. The van der Waals surface area contributed by atoms with Crippen LogP contribution in [0.2, 0.25) is 0 Å². The first-order valence-electron chi connectivity index (χ1n) is 7.18. The van der Waals surface area contributed by atoms with Crippen LogP contribution in [0.5, 0.6) is 0 Å². The molecule has 0 unspecified atom stereocenters. The van der Waals surface area contributed by atoms with Gasteiger partial charge in [-0.1, -0.05) is 6.92 Å². The SMILES string of the molecule is CC[C@H]1c2ccsc2CCN1C(=O)c1cnc(C(F)(F)F)nc1. The van der Waals surface area contributed by atoms with E-state index in [1.165, 1.54) is 4.88 Å². The predicted octanol–water partition coefficient (Wildman–Crippen LogP) is 3.71. The van der Waals surface area contributed by atoms with E-state index < -0.39 is 12.0 Å². The molecule has 0 aliphatic carbocycles. The van der Waals surface area contributed by atoms with Crippen LogP contribution in [0.1, 0.15) is 46.0 Å². The Balaban J connectivity index is 1.86. The highest BCUT2D eigenvalue weighted by Gasteiger charge is 2.35. The average molecular weight is 341 g/mol. The summed E-state index contributed by atoms with van der Waals surface area (Å²) in [6, 6.07) is 1.96. The van der Waals surface area contributed by atoms with Gasteiger partial charge in [0.1, 0.15) is 0 Å². The highest BCUT2D eigenvalue weighted by molar-refractivity contribution is 7.10. The van der Waals surface area contributed by atoms with Gasteiger partial charge in [0.15, 0.2) is 0 Å². The van der Waals surface area contributed by atoms with Crippen molar-refractivity contribution in [3.05, 3.63) is 45.7 Å². The molecule has 23 heavy (non-hydrogen) atoms. The number of hydrogen-bond donors (Lipinski definition) is 0. The van der Waals surface area contributed by atoms with Crippen molar-refractivity contribution in [2.45, 2.75) is 32.0 Å². The first-order chi connectivity index (χ1) is 10.9. The molecule has 0 bridgehead atoms. The molecule has 2 aromatic rings. The van der Waals surface area contributed by atoms with Crippen LogP contribution < -0.4 is 0 Å². The third kappa shape index (κ3) is 2.95. The molecule has 4 nitrogen and oxygen atoms in total. The van der Waals surface area contributed by atoms with E-state index in [1.54, 1.807) is 16.2 Å². The van der Waals surface area contributed by atoms with Crippen molar-refractivity contribution in [2.24, 2.45) is 0 Å². The molecule has 0 N–H and O–H groups in total.